The standard InChI is InChI=1S/C11H20O2/c1-7(2)9(12)8(3)10(13)11(4,5)6/h7-8H,1-6H3. The topological polar surface area (TPSA) is 34.1 Å². The third kappa shape index (κ3) is 3.29. The average molecular weight is 184 g/mol. The maximum Gasteiger partial charge on any atom is 0.148 e. The van der Waals surface area contributed by atoms with Gasteiger partial charge in [-0.1, -0.05) is 34.6 Å². The summed E-state index contributed by atoms with van der Waals surface area (Å²) in [7, 11) is 0. The lowest BCUT2D eigenvalue weighted by molar-refractivity contribution is -0.138. The Morgan fingerprint density at radius 2 is 1.38 bits per heavy atom. The highest BCUT2D eigenvalue weighted by atomic mass is 16.2. The molecule has 0 aromatic rings. The first-order valence-corrected chi connectivity index (χ1v) is 4.76. The van der Waals surface area contributed by atoms with Gasteiger partial charge in [0.1, 0.15) is 11.6 Å². The predicted octanol–water partition coefficient (Wildman–Crippen LogP) is 2.46. The zero-order valence-corrected chi connectivity index (χ0v) is 9.47. The normalized spacial score (nSPS) is 14.4. The maximum absolute atomic E-state index is 11.7. The summed E-state index contributed by atoms with van der Waals surface area (Å²) in [4.78, 5) is 23.2. The van der Waals surface area contributed by atoms with E-state index in [4.69, 9.17) is 0 Å². The van der Waals surface area contributed by atoms with Crippen LogP contribution in [0, 0.1) is 17.3 Å². The van der Waals surface area contributed by atoms with Gasteiger partial charge in [0.2, 0.25) is 0 Å². The van der Waals surface area contributed by atoms with E-state index in [1.54, 1.807) is 6.92 Å². The van der Waals surface area contributed by atoms with Gasteiger partial charge in [-0.05, 0) is 6.92 Å². The molecule has 1 unspecified atom stereocenters. The van der Waals surface area contributed by atoms with Crippen molar-refractivity contribution in [3.05, 3.63) is 0 Å². The zero-order chi connectivity index (χ0) is 10.8. The number of hydrogen-bond acceptors (Lipinski definition) is 2. The van der Waals surface area contributed by atoms with Gasteiger partial charge in [0, 0.05) is 11.3 Å². The van der Waals surface area contributed by atoms with Gasteiger partial charge in [-0.25, -0.2) is 0 Å². The number of ketones is 2. The summed E-state index contributed by atoms with van der Waals surface area (Å²) in [6.45, 7) is 10.9. The van der Waals surface area contributed by atoms with Gasteiger partial charge in [-0.2, -0.15) is 0 Å². The highest BCUT2D eigenvalue weighted by Crippen LogP contribution is 2.22. The highest BCUT2D eigenvalue weighted by molar-refractivity contribution is 6.04. The van der Waals surface area contributed by atoms with E-state index in [-0.39, 0.29) is 17.5 Å². The maximum atomic E-state index is 11.7. The quantitative estimate of drug-likeness (QED) is 0.631. The molecule has 2 nitrogen and oxygen atoms in total. The summed E-state index contributed by atoms with van der Waals surface area (Å²) >= 11 is 0. The molecule has 0 bridgehead atoms. The second kappa shape index (κ2) is 4.03. The molecule has 0 aromatic heterocycles. The molecule has 0 rings (SSSR count). The van der Waals surface area contributed by atoms with Gasteiger partial charge in [-0.15, -0.1) is 0 Å². The van der Waals surface area contributed by atoms with Crippen LogP contribution >= 0.6 is 0 Å². The number of carbonyl (C=O) groups excluding carboxylic acids is 2. The lowest BCUT2D eigenvalue weighted by atomic mass is 9.80. The van der Waals surface area contributed by atoms with Gasteiger partial charge >= 0.3 is 0 Å². The highest BCUT2D eigenvalue weighted by Gasteiger charge is 2.31. The Kier molecular flexibility index (Phi) is 3.83. The van der Waals surface area contributed by atoms with Crippen molar-refractivity contribution in [1.29, 1.82) is 0 Å². The Morgan fingerprint density at radius 1 is 1.00 bits per heavy atom. The Bertz CT molecular complexity index is 209. The fourth-order valence-corrected chi connectivity index (χ4v) is 1.28. The van der Waals surface area contributed by atoms with Gasteiger partial charge in [-0.3, -0.25) is 9.59 Å². The Hall–Kier alpha value is -0.660. The summed E-state index contributed by atoms with van der Waals surface area (Å²) < 4.78 is 0. The molecule has 76 valence electrons. The molecule has 0 N–H and O–H groups in total. The molecular formula is C11H20O2. The minimum atomic E-state index is -0.458. The third-order valence-corrected chi connectivity index (χ3v) is 2.13. The van der Waals surface area contributed by atoms with Crippen LogP contribution in [0.5, 0.6) is 0 Å². The third-order valence-electron chi connectivity index (χ3n) is 2.13. The summed E-state index contributed by atoms with van der Waals surface area (Å²) in [5.74, 6) is -0.438. The molecule has 0 aliphatic carbocycles. The van der Waals surface area contributed by atoms with Crippen LogP contribution in [0.15, 0.2) is 0 Å². The van der Waals surface area contributed by atoms with Crippen LogP contribution in [-0.4, -0.2) is 11.6 Å². The van der Waals surface area contributed by atoms with E-state index in [9.17, 15) is 9.59 Å². The second-order valence-corrected chi connectivity index (χ2v) is 4.89. The lowest BCUT2D eigenvalue weighted by Crippen LogP contribution is -2.33. The number of carbonyl (C=O) groups is 2. The fourth-order valence-electron chi connectivity index (χ4n) is 1.28. The minimum absolute atomic E-state index is 0.0335. The second-order valence-electron chi connectivity index (χ2n) is 4.89. The largest absolute Gasteiger partial charge is 0.299 e. The van der Waals surface area contributed by atoms with Crippen molar-refractivity contribution in [2.24, 2.45) is 17.3 Å². The van der Waals surface area contributed by atoms with Crippen LogP contribution in [0.4, 0.5) is 0 Å². The number of rotatable bonds is 3. The van der Waals surface area contributed by atoms with Crippen molar-refractivity contribution in [1.82, 2.24) is 0 Å². The first-order valence-electron chi connectivity index (χ1n) is 4.76. The lowest BCUT2D eigenvalue weighted by Gasteiger charge is -2.21. The summed E-state index contributed by atoms with van der Waals surface area (Å²) in [5, 5.41) is 0. The molecule has 0 heterocycles. The Balaban J connectivity index is 4.54. The molecule has 13 heavy (non-hydrogen) atoms. The SMILES string of the molecule is CC(C)C(=O)C(C)C(=O)C(C)(C)C. The molecule has 0 radical (unpaired) electrons. The van der Waals surface area contributed by atoms with Crippen LogP contribution in [-0.2, 0) is 9.59 Å². The van der Waals surface area contributed by atoms with E-state index in [0.29, 0.717) is 0 Å². The molecule has 0 saturated carbocycles. The van der Waals surface area contributed by atoms with Crippen LogP contribution in [0.1, 0.15) is 41.5 Å². The summed E-state index contributed by atoms with van der Waals surface area (Å²) in [6.07, 6.45) is 0. The predicted molar refractivity (Wildman–Crippen MR) is 53.5 cm³/mol. The molecule has 0 saturated heterocycles. The van der Waals surface area contributed by atoms with E-state index in [1.807, 2.05) is 34.6 Å². The van der Waals surface area contributed by atoms with E-state index < -0.39 is 11.3 Å². The van der Waals surface area contributed by atoms with E-state index >= 15 is 0 Å². The van der Waals surface area contributed by atoms with Gasteiger partial charge in [0.25, 0.3) is 0 Å². The molecule has 0 aliphatic heterocycles. The van der Waals surface area contributed by atoms with Crippen molar-refractivity contribution in [3.63, 3.8) is 0 Å². The smallest absolute Gasteiger partial charge is 0.148 e. The van der Waals surface area contributed by atoms with Crippen molar-refractivity contribution in [3.8, 4) is 0 Å². The summed E-state index contributed by atoms with van der Waals surface area (Å²) in [6, 6.07) is 0. The molecule has 0 aromatic carbocycles. The van der Waals surface area contributed by atoms with Gasteiger partial charge in [0.05, 0.1) is 5.92 Å². The van der Waals surface area contributed by atoms with Crippen molar-refractivity contribution in [2.45, 2.75) is 41.5 Å². The fraction of sp³-hybridized carbons (Fsp3) is 0.818. The van der Waals surface area contributed by atoms with E-state index in [1.165, 1.54) is 0 Å². The first-order chi connectivity index (χ1) is 5.68. The molecule has 0 aliphatic rings. The van der Waals surface area contributed by atoms with E-state index in [2.05, 4.69) is 0 Å². The molecular weight excluding hydrogens is 164 g/mol. The van der Waals surface area contributed by atoms with Gasteiger partial charge in [0.15, 0.2) is 0 Å². The van der Waals surface area contributed by atoms with E-state index in [0.717, 1.165) is 0 Å². The Morgan fingerprint density at radius 3 is 1.62 bits per heavy atom. The molecule has 2 heteroatoms. The van der Waals surface area contributed by atoms with Crippen LogP contribution in [0.25, 0.3) is 0 Å². The molecule has 1 atom stereocenters. The average Bonchev–Trinajstić information content (AvgIpc) is 1.98. The number of hydrogen-bond donors (Lipinski definition) is 0. The molecule has 0 fully saturated rings. The van der Waals surface area contributed by atoms with Crippen LogP contribution < -0.4 is 0 Å². The van der Waals surface area contributed by atoms with Crippen molar-refractivity contribution < 1.29 is 9.59 Å². The van der Waals surface area contributed by atoms with Crippen LogP contribution in [0.3, 0.4) is 0 Å². The van der Waals surface area contributed by atoms with Crippen molar-refractivity contribution in [2.75, 3.05) is 0 Å². The van der Waals surface area contributed by atoms with Crippen LogP contribution in [0.2, 0.25) is 0 Å². The first kappa shape index (κ1) is 12.3. The monoisotopic (exact) mass is 184 g/mol. The summed E-state index contributed by atoms with van der Waals surface area (Å²) in [5.41, 5.74) is -0.413. The number of Topliss-reactive ketones (excluding diaryl/α,β-unsaturated/α-hetero) is 2. The zero-order valence-electron chi connectivity index (χ0n) is 9.47. The minimum Gasteiger partial charge on any atom is -0.299 e. The molecule has 0 spiro atoms. The molecule has 0 amide bonds. The van der Waals surface area contributed by atoms with Gasteiger partial charge < -0.3 is 0 Å². The Labute approximate surface area is 80.7 Å². The van der Waals surface area contributed by atoms with Crippen molar-refractivity contribution >= 4 is 11.6 Å².